The fraction of sp³-hybridized carbons (Fsp3) is 0.0741. The SMILES string of the molecule is COc1ccc(-c2nn(-c3ccccc3)cc2C=C(C#N)c2nc3ccccc3[nH]2)cc1OC. The molecule has 0 atom stereocenters. The summed E-state index contributed by atoms with van der Waals surface area (Å²) in [5.74, 6) is 1.74. The van der Waals surface area contributed by atoms with Gasteiger partial charge in [-0.15, -0.1) is 0 Å². The summed E-state index contributed by atoms with van der Waals surface area (Å²) < 4.78 is 12.7. The Labute approximate surface area is 196 Å². The van der Waals surface area contributed by atoms with Crippen LogP contribution in [0.15, 0.2) is 79.0 Å². The molecule has 5 rings (SSSR count). The predicted octanol–water partition coefficient (Wildman–Crippen LogP) is 5.50. The highest BCUT2D eigenvalue weighted by Crippen LogP contribution is 2.34. The first kappa shape index (κ1) is 21.0. The molecule has 0 radical (unpaired) electrons. The molecule has 0 aliphatic heterocycles. The highest BCUT2D eigenvalue weighted by atomic mass is 16.5. The number of hydrogen-bond acceptors (Lipinski definition) is 5. The second-order valence-corrected chi connectivity index (χ2v) is 7.56. The van der Waals surface area contributed by atoms with E-state index in [0.717, 1.165) is 27.8 Å². The Hall–Kier alpha value is -4.83. The number of allylic oxidation sites excluding steroid dienone is 1. The van der Waals surface area contributed by atoms with Crippen LogP contribution in [-0.4, -0.2) is 34.0 Å². The van der Waals surface area contributed by atoms with Crippen LogP contribution < -0.4 is 9.47 Å². The molecule has 0 amide bonds. The van der Waals surface area contributed by atoms with E-state index in [1.165, 1.54) is 0 Å². The Bertz CT molecular complexity index is 1510. The molecule has 5 aromatic rings. The van der Waals surface area contributed by atoms with E-state index in [1.54, 1.807) is 25.0 Å². The maximum atomic E-state index is 9.96. The maximum Gasteiger partial charge on any atom is 0.161 e. The number of H-pyrrole nitrogens is 1. The van der Waals surface area contributed by atoms with Crippen LogP contribution in [0.5, 0.6) is 11.5 Å². The molecular formula is C27H21N5O2. The molecule has 0 spiro atoms. The van der Waals surface area contributed by atoms with E-state index in [4.69, 9.17) is 14.6 Å². The van der Waals surface area contributed by atoms with Crippen LogP contribution in [0.25, 0.3) is 39.6 Å². The number of hydrogen-bond donors (Lipinski definition) is 1. The summed E-state index contributed by atoms with van der Waals surface area (Å²) in [7, 11) is 3.20. The number of nitriles is 1. The molecule has 0 saturated carbocycles. The van der Waals surface area contributed by atoms with Crippen molar-refractivity contribution < 1.29 is 9.47 Å². The van der Waals surface area contributed by atoms with Crippen molar-refractivity contribution in [3.05, 3.63) is 90.4 Å². The zero-order chi connectivity index (χ0) is 23.5. The average Bonchev–Trinajstić information content (AvgIpc) is 3.51. The van der Waals surface area contributed by atoms with Crippen LogP contribution in [0.4, 0.5) is 0 Å². The van der Waals surface area contributed by atoms with Crippen molar-refractivity contribution in [3.8, 4) is 34.5 Å². The first-order valence-corrected chi connectivity index (χ1v) is 10.6. The number of nitrogens with one attached hydrogen (secondary N) is 1. The molecule has 0 bridgehead atoms. The van der Waals surface area contributed by atoms with Gasteiger partial charge in [-0.2, -0.15) is 10.4 Å². The number of aromatic amines is 1. The van der Waals surface area contributed by atoms with E-state index >= 15 is 0 Å². The summed E-state index contributed by atoms with van der Waals surface area (Å²) in [5.41, 5.74) is 5.30. The van der Waals surface area contributed by atoms with Crippen molar-refractivity contribution >= 4 is 22.7 Å². The minimum atomic E-state index is 0.408. The number of benzene rings is 3. The summed E-state index contributed by atoms with van der Waals surface area (Å²) in [6.45, 7) is 0. The van der Waals surface area contributed by atoms with Crippen molar-refractivity contribution in [2.24, 2.45) is 0 Å². The molecule has 34 heavy (non-hydrogen) atoms. The summed E-state index contributed by atoms with van der Waals surface area (Å²) in [4.78, 5) is 7.82. The van der Waals surface area contributed by atoms with Crippen LogP contribution in [0, 0.1) is 11.3 Å². The predicted molar refractivity (Wildman–Crippen MR) is 132 cm³/mol. The first-order chi connectivity index (χ1) is 16.7. The Morgan fingerprint density at radius 2 is 1.74 bits per heavy atom. The fourth-order valence-electron chi connectivity index (χ4n) is 3.80. The molecule has 0 aliphatic rings. The van der Waals surface area contributed by atoms with E-state index in [9.17, 15) is 5.26 Å². The second kappa shape index (κ2) is 8.96. The lowest BCUT2D eigenvalue weighted by Gasteiger charge is -2.09. The van der Waals surface area contributed by atoms with Gasteiger partial charge >= 0.3 is 0 Å². The normalized spacial score (nSPS) is 11.4. The van der Waals surface area contributed by atoms with Gasteiger partial charge in [0.25, 0.3) is 0 Å². The van der Waals surface area contributed by atoms with Gasteiger partial charge in [0.15, 0.2) is 11.5 Å². The van der Waals surface area contributed by atoms with Crippen molar-refractivity contribution in [1.29, 1.82) is 5.26 Å². The Morgan fingerprint density at radius 3 is 2.47 bits per heavy atom. The van der Waals surface area contributed by atoms with Gasteiger partial charge in [-0.05, 0) is 48.5 Å². The van der Waals surface area contributed by atoms with Gasteiger partial charge in [-0.3, -0.25) is 0 Å². The van der Waals surface area contributed by atoms with E-state index in [-0.39, 0.29) is 0 Å². The zero-order valence-corrected chi connectivity index (χ0v) is 18.7. The van der Waals surface area contributed by atoms with Crippen LogP contribution in [0.2, 0.25) is 0 Å². The lowest BCUT2D eigenvalue weighted by atomic mass is 10.1. The number of nitrogens with zero attached hydrogens (tertiary/aromatic N) is 4. The molecule has 1 N–H and O–H groups in total. The number of fused-ring (bicyclic) bond motifs is 1. The van der Waals surface area contributed by atoms with Crippen molar-refractivity contribution in [3.63, 3.8) is 0 Å². The van der Waals surface area contributed by atoms with Crippen LogP contribution in [-0.2, 0) is 0 Å². The molecular weight excluding hydrogens is 426 g/mol. The smallest absolute Gasteiger partial charge is 0.161 e. The van der Waals surface area contributed by atoms with Gasteiger partial charge in [-0.1, -0.05) is 30.3 Å². The Kier molecular flexibility index (Phi) is 5.55. The lowest BCUT2D eigenvalue weighted by molar-refractivity contribution is 0.355. The van der Waals surface area contributed by atoms with Gasteiger partial charge in [-0.25, -0.2) is 9.67 Å². The van der Waals surface area contributed by atoms with Crippen molar-refractivity contribution in [2.75, 3.05) is 14.2 Å². The van der Waals surface area contributed by atoms with Gasteiger partial charge in [0, 0.05) is 17.3 Å². The van der Waals surface area contributed by atoms with Crippen molar-refractivity contribution in [2.45, 2.75) is 0 Å². The molecule has 166 valence electrons. The summed E-state index contributed by atoms with van der Waals surface area (Å²) in [6, 6.07) is 25.4. The third-order valence-electron chi connectivity index (χ3n) is 5.49. The number of rotatable bonds is 6. The van der Waals surface area contributed by atoms with Gasteiger partial charge in [0.2, 0.25) is 0 Å². The molecule has 0 aliphatic carbocycles. The second-order valence-electron chi connectivity index (χ2n) is 7.56. The van der Waals surface area contributed by atoms with Crippen molar-refractivity contribution in [1.82, 2.24) is 19.7 Å². The topological polar surface area (TPSA) is 88.8 Å². The average molecular weight is 447 g/mol. The number of methoxy groups -OCH3 is 2. The quantitative estimate of drug-likeness (QED) is 0.347. The summed E-state index contributed by atoms with van der Waals surface area (Å²) >= 11 is 0. The minimum Gasteiger partial charge on any atom is -0.493 e. The number of para-hydroxylation sites is 3. The van der Waals surface area contributed by atoms with E-state index in [1.807, 2.05) is 79.0 Å². The van der Waals surface area contributed by atoms with Crippen LogP contribution in [0.1, 0.15) is 11.4 Å². The molecule has 2 aromatic heterocycles. The third-order valence-corrected chi connectivity index (χ3v) is 5.49. The lowest BCUT2D eigenvalue weighted by Crippen LogP contribution is -1.95. The number of ether oxygens (including phenoxy) is 2. The fourth-order valence-corrected chi connectivity index (χ4v) is 3.80. The first-order valence-electron chi connectivity index (χ1n) is 10.6. The van der Waals surface area contributed by atoms with Gasteiger partial charge < -0.3 is 14.5 Å². The van der Waals surface area contributed by atoms with E-state index < -0.39 is 0 Å². The third kappa shape index (κ3) is 3.89. The molecule has 0 saturated heterocycles. The Morgan fingerprint density at radius 1 is 0.971 bits per heavy atom. The largest absolute Gasteiger partial charge is 0.493 e. The van der Waals surface area contributed by atoms with Gasteiger partial charge in [0.1, 0.15) is 17.6 Å². The highest BCUT2D eigenvalue weighted by molar-refractivity contribution is 5.92. The number of aromatic nitrogens is 4. The zero-order valence-electron chi connectivity index (χ0n) is 18.7. The molecule has 0 unspecified atom stereocenters. The molecule has 2 heterocycles. The van der Waals surface area contributed by atoms with E-state index in [2.05, 4.69) is 16.0 Å². The molecule has 3 aromatic carbocycles. The molecule has 0 fully saturated rings. The summed E-state index contributed by atoms with van der Waals surface area (Å²) in [5, 5.41) is 14.8. The molecule has 7 heteroatoms. The van der Waals surface area contributed by atoms with E-state index in [0.29, 0.717) is 28.6 Å². The highest BCUT2D eigenvalue weighted by Gasteiger charge is 2.16. The van der Waals surface area contributed by atoms with Gasteiger partial charge in [0.05, 0.1) is 36.5 Å². The maximum absolute atomic E-state index is 9.96. The monoisotopic (exact) mass is 447 g/mol. The Balaban J connectivity index is 1.67. The molecule has 7 nitrogen and oxygen atoms in total. The minimum absolute atomic E-state index is 0.408. The van der Waals surface area contributed by atoms with Crippen LogP contribution >= 0.6 is 0 Å². The number of imidazole rings is 1. The van der Waals surface area contributed by atoms with Crippen LogP contribution in [0.3, 0.4) is 0 Å². The summed E-state index contributed by atoms with van der Waals surface area (Å²) in [6.07, 6.45) is 3.71. The standard InChI is InChI=1S/C27H21N5O2/c1-33-24-13-12-18(15-25(24)34-2)26-20(17-32(31-26)21-8-4-3-5-9-21)14-19(16-28)27-29-22-10-6-7-11-23(22)30-27/h3-15,17H,1-2H3,(H,29,30).